The molecule has 34 heavy (non-hydrogen) atoms. The number of aromatic amines is 1. The summed E-state index contributed by atoms with van der Waals surface area (Å²) in [7, 11) is 3.85. The number of carbonyl (C=O) groups excluding carboxylic acids is 2. The zero-order chi connectivity index (χ0) is 24.3. The first-order valence-electron chi connectivity index (χ1n) is 11.8. The maximum absolute atomic E-state index is 11.7. The number of ether oxygens (including phenoxy) is 1. The number of amides is 2. The van der Waals surface area contributed by atoms with E-state index in [4.69, 9.17) is 4.74 Å². The number of benzene rings is 2. The van der Waals surface area contributed by atoms with Gasteiger partial charge >= 0.3 is 0 Å². The van der Waals surface area contributed by atoms with Crippen LogP contribution in [0.15, 0.2) is 54.6 Å². The highest BCUT2D eigenvalue weighted by atomic mass is 16.5. The second-order valence-corrected chi connectivity index (χ2v) is 8.79. The lowest BCUT2D eigenvalue weighted by atomic mass is 10.2. The second-order valence-electron chi connectivity index (χ2n) is 8.79. The summed E-state index contributed by atoms with van der Waals surface area (Å²) in [5.41, 5.74) is 3.46. The molecule has 0 aliphatic carbocycles. The summed E-state index contributed by atoms with van der Waals surface area (Å²) < 4.78 is 5.12. The summed E-state index contributed by atoms with van der Waals surface area (Å²) in [6.45, 7) is 6.77. The van der Waals surface area contributed by atoms with Gasteiger partial charge in [0.25, 0.3) is 0 Å². The molecule has 182 valence electrons. The molecular weight excluding hydrogens is 428 g/mol. The fraction of sp³-hybridized carbons (Fsp3) is 0.407. The molecule has 7 heteroatoms. The summed E-state index contributed by atoms with van der Waals surface area (Å²) in [4.78, 5) is 31.1. The van der Waals surface area contributed by atoms with Gasteiger partial charge in [-0.05, 0) is 69.7 Å². The van der Waals surface area contributed by atoms with Gasteiger partial charge in [0.1, 0.15) is 5.75 Å². The van der Waals surface area contributed by atoms with Gasteiger partial charge in [-0.15, -0.1) is 0 Å². The number of hydrogen-bond acceptors (Lipinski definition) is 4. The highest BCUT2D eigenvalue weighted by molar-refractivity contribution is 5.82. The van der Waals surface area contributed by atoms with E-state index in [1.807, 2.05) is 55.5 Å². The van der Waals surface area contributed by atoms with Crippen molar-refractivity contribution in [3.63, 3.8) is 0 Å². The molecule has 7 nitrogen and oxygen atoms in total. The maximum atomic E-state index is 11.7. The molecule has 2 aromatic carbocycles. The molecule has 2 fully saturated rings. The topological polar surface area (TPSA) is 68.9 Å². The highest BCUT2D eigenvalue weighted by Crippen LogP contribution is 2.20. The van der Waals surface area contributed by atoms with Crippen LogP contribution in [0.5, 0.6) is 5.75 Å². The van der Waals surface area contributed by atoms with E-state index in [2.05, 4.69) is 23.0 Å². The molecule has 0 spiro atoms. The van der Waals surface area contributed by atoms with Crippen molar-refractivity contribution in [3.8, 4) is 5.75 Å². The number of nitrogens with zero attached hydrogens (tertiary/aromatic N) is 3. The van der Waals surface area contributed by atoms with Crippen LogP contribution in [-0.4, -0.2) is 78.9 Å². The minimum absolute atomic E-state index is 0.0159. The predicted octanol–water partition coefficient (Wildman–Crippen LogP) is 3.68. The number of fused-ring (bicyclic) bond motifs is 1. The van der Waals surface area contributed by atoms with Gasteiger partial charge in [-0.25, -0.2) is 0 Å². The molecule has 0 bridgehead atoms. The van der Waals surface area contributed by atoms with Crippen LogP contribution in [0, 0.1) is 6.92 Å². The molecule has 0 saturated carbocycles. The number of carbonyl (C=O) groups is 2. The minimum atomic E-state index is 0.0159. The number of methoxy groups -OCH3 is 1. The molecule has 1 N–H and O–H groups in total. The van der Waals surface area contributed by atoms with Gasteiger partial charge < -0.3 is 24.4 Å². The molecule has 0 radical (unpaired) electrons. The quantitative estimate of drug-likeness (QED) is 0.598. The number of likely N-dealkylation sites (tertiary alicyclic amines) is 1. The number of aromatic nitrogens is 1. The van der Waals surface area contributed by atoms with Crippen LogP contribution in [-0.2, 0) is 16.1 Å². The number of piperazine rings is 1. The average molecular weight is 465 g/mol. The minimum Gasteiger partial charge on any atom is -0.497 e. The van der Waals surface area contributed by atoms with Crippen LogP contribution in [0.1, 0.15) is 24.1 Å². The number of H-pyrrole nitrogens is 1. The Morgan fingerprint density at radius 3 is 2.32 bits per heavy atom. The normalized spacial score (nSPS) is 15.9. The Morgan fingerprint density at radius 1 is 1.00 bits per heavy atom. The zero-order valence-electron chi connectivity index (χ0n) is 20.5. The summed E-state index contributed by atoms with van der Waals surface area (Å²) in [5, 5.41) is 1.20. The first kappa shape index (κ1) is 25.3. The molecule has 3 heterocycles. The Balaban J connectivity index is 0.000000157. The fourth-order valence-corrected chi connectivity index (χ4v) is 4.05. The molecule has 1 aromatic heterocycles. The van der Waals surface area contributed by atoms with Gasteiger partial charge in [0.05, 0.1) is 13.7 Å². The number of nitrogens with one attached hydrogen (secondary N) is 1. The van der Waals surface area contributed by atoms with Gasteiger partial charge in [0, 0.05) is 36.2 Å². The van der Waals surface area contributed by atoms with Gasteiger partial charge in [0.2, 0.25) is 12.3 Å². The molecule has 0 unspecified atom stereocenters. The number of rotatable bonds is 4. The fourth-order valence-electron chi connectivity index (χ4n) is 4.05. The van der Waals surface area contributed by atoms with Gasteiger partial charge in [-0.2, -0.15) is 0 Å². The Labute approximate surface area is 202 Å². The van der Waals surface area contributed by atoms with E-state index in [1.54, 1.807) is 12.0 Å². The molecule has 5 rings (SSSR count). The Hall–Kier alpha value is -3.32. The lowest BCUT2D eigenvalue weighted by Gasteiger charge is -2.32. The van der Waals surface area contributed by atoms with Crippen molar-refractivity contribution in [2.75, 3.05) is 46.9 Å². The van der Waals surface area contributed by atoms with Gasteiger partial charge in [-0.1, -0.05) is 30.3 Å². The van der Waals surface area contributed by atoms with Crippen LogP contribution in [0.4, 0.5) is 0 Å². The van der Waals surface area contributed by atoms with Crippen molar-refractivity contribution in [1.82, 2.24) is 19.7 Å². The Morgan fingerprint density at radius 2 is 1.74 bits per heavy atom. The summed E-state index contributed by atoms with van der Waals surface area (Å²) in [6.07, 6.45) is 3.56. The number of hydrogen-bond donors (Lipinski definition) is 1. The van der Waals surface area contributed by atoms with E-state index in [0.717, 1.165) is 23.2 Å². The van der Waals surface area contributed by atoms with Crippen molar-refractivity contribution in [2.45, 2.75) is 26.3 Å². The van der Waals surface area contributed by atoms with Gasteiger partial charge in [0.15, 0.2) is 0 Å². The maximum Gasteiger partial charge on any atom is 0.242 e. The SMILES string of the molecule is CN1CCCC1.COc1ccc2[nH]c(C)cc2c1.O=CN1CCN(Cc2ccccc2)C(=O)C1. The van der Waals surface area contributed by atoms with Crippen molar-refractivity contribution in [1.29, 1.82) is 0 Å². The zero-order valence-corrected chi connectivity index (χ0v) is 20.5. The first-order valence-corrected chi connectivity index (χ1v) is 11.8. The van der Waals surface area contributed by atoms with Gasteiger partial charge in [-0.3, -0.25) is 9.59 Å². The van der Waals surface area contributed by atoms with Crippen molar-refractivity contribution < 1.29 is 14.3 Å². The second kappa shape index (κ2) is 12.8. The standard InChI is InChI=1S/C12H14N2O2.C10H11NO.C5H11N/c15-10-13-6-7-14(12(16)9-13)8-11-4-2-1-3-5-11;1-7-5-8-6-9(12-2)3-4-10(8)11-7;1-6-4-2-3-5-6/h1-5,10H,6-9H2;3-6,11H,1-2H3;2-5H2,1H3. The Bertz CT molecular complexity index is 1040. The largest absolute Gasteiger partial charge is 0.497 e. The van der Waals surface area contributed by atoms with E-state index in [0.29, 0.717) is 19.6 Å². The molecule has 2 amide bonds. The van der Waals surface area contributed by atoms with E-state index in [9.17, 15) is 9.59 Å². The molecule has 0 atom stereocenters. The van der Waals surface area contributed by atoms with Crippen LogP contribution >= 0.6 is 0 Å². The highest BCUT2D eigenvalue weighted by Gasteiger charge is 2.22. The molecule has 3 aromatic rings. The van der Waals surface area contributed by atoms with Crippen LogP contribution < -0.4 is 4.74 Å². The van der Waals surface area contributed by atoms with Crippen molar-refractivity contribution >= 4 is 23.2 Å². The summed E-state index contributed by atoms with van der Waals surface area (Å²) in [5.74, 6) is 0.920. The summed E-state index contributed by atoms with van der Waals surface area (Å²) >= 11 is 0. The van der Waals surface area contributed by atoms with Crippen molar-refractivity contribution in [3.05, 3.63) is 65.9 Å². The monoisotopic (exact) mass is 464 g/mol. The third-order valence-electron chi connectivity index (χ3n) is 6.01. The van der Waals surface area contributed by atoms with E-state index >= 15 is 0 Å². The van der Waals surface area contributed by atoms with Crippen LogP contribution in [0.2, 0.25) is 0 Å². The predicted molar refractivity (Wildman–Crippen MR) is 136 cm³/mol. The van der Waals surface area contributed by atoms with E-state index in [-0.39, 0.29) is 12.5 Å². The van der Waals surface area contributed by atoms with Crippen LogP contribution in [0.3, 0.4) is 0 Å². The third-order valence-corrected chi connectivity index (χ3v) is 6.01. The molecule has 2 aliphatic rings. The van der Waals surface area contributed by atoms with E-state index in [1.165, 1.54) is 41.9 Å². The lowest BCUT2D eigenvalue weighted by Crippen LogP contribution is -2.49. The average Bonchev–Trinajstić information content (AvgIpc) is 3.48. The van der Waals surface area contributed by atoms with E-state index < -0.39 is 0 Å². The molecular formula is C27H36N4O3. The number of aryl methyl sites for hydroxylation is 1. The third kappa shape index (κ3) is 7.63. The first-order chi connectivity index (χ1) is 16.5. The molecule has 2 saturated heterocycles. The smallest absolute Gasteiger partial charge is 0.242 e. The van der Waals surface area contributed by atoms with Crippen LogP contribution in [0.25, 0.3) is 10.9 Å². The Kier molecular flexibility index (Phi) is 9.52. The lowest BCUT2D eigenvalue weighted by molar-refractivity contribution is -0.140. The summed E-state index contributed by atoms with van der Waals surface area (Å²) in [6, 6.07) is 18.0. The van der Waals surface area contributed by atoms with Crippen molar-refractivity contribution in [2.24, 2.45) is 0 Å². The molecule has 2 aliphatic heterocycles.